The third kappa shape index (κ3) is 3.67. The lowest BCUT2D eigenvalue weighted by Crippen LogP contribution is -2.46. The first-order valence-electron chi connectivity index (χ1n) is 8.40. The fourth-order valence-corrected chi connectivity index (χ4v) is 2.94. The van der Waals surface area contributed by atoms with Gasteiger partial charge in [0.1, 0.15) is 0 Å². The Labute approximate surface area is 141 Å². The van der Waals surface area contributed by atoms with Crippen molar-refractivity contribution in [1.29, 1.82) is 0 Å². The van der Waals surface area contributed by atoms with Crippen molar-refractivity contribution in [1.82, 2.24) is 10.2 Å². The summed E-state index contributed by atoms with van der Waals surface area (Å²) in [5, 5.41) is 3.07. The quantitative estimate of drug-likeness (QED) is 0.940. The van der Waals surface area contributed by atoms with Crippen molar-refractivity contribution < 1.29 is 14.0 Å². The summed E-state index contributed by atoms with van der Waals surface area (Å²) in [5.74, 6) is 0.238. The maximum absolute atomic E-state index is 12.3. The number of benzene rings is 1. The van der Waals surface area contributed by atoms with Gasteiger partial charge in [0.05, 0.1) is 6.26 Å². The molecule has 1 saturated heterocycles. The summed E-state index contributed by atoms with van der Waals surface area (Å²) >= 11 is 0. The zero-order valence-corrected chi connectivity index (χ0v) is 13.8. The largest absolute Gasteiger partial charge is 0.459 e. The minimum atomic E-state index is -0.0834. The second-order valence-electron chi connectivity index (χ2n) is 6.07. The zero-order chi connectivity index (χ0) is 16.9. The van der Waals surface area contributed by atoms with Gasteiger partial charge in [0, 0.05) is 24.7 Å². The molecule has 1 fully saturated rings. The predicted octanol–water partition coefficient (Wildman–Crippen LogP) is 2.88. The number of piperidine rings is 1. The van der Waals surface area contributed by atoms with Gasteiger partial charge < -0.3 is 14.6 Å². The van der Waals surface area contributed by atoms with Crippen molar-refractivity contribution in [3.05, 3.63) is 59.5 Å². The summed E-state index contributed by atoms with van der Waals surface area (Å²) in [5.41, 5.74) is 1.90. The number of nitrogens with one attached hydrogen (secondary N) is 1. The van der Waals surface area contributed by atoms with Crippen LogP contribution in [0.5, 0.6) is 0 Å². The first-order chi connectivity index (χ1) is 11.7. The normalized spacial score (nSPS) is 15.3. The highest BCUT2D eigenvalue weighted by Gasteiger charge is 2.25. The maximum atomic E-state index is 12.3. The van der Waals surface area contributed by atoms with Crippen LogP contribution in [0.3, 0.4) is 0 Å². The van der Waals surface area contributed by atoms with Gasteiger partial charge in [-0.15, -0.1) is 0 Å². The van der Waals surface area contributed by atoms with Crippen molar-refractivity contribution in [2.24, 2.45) is 0 Å². The van der Waals surface area contributed by atoms with Crippen LogP contribution >= 0.6 is 0 Å². The van der Waals surface area contributed by atoms with Crippen LogP contribution < -0.4 is 5.32 Å². The molecule has 1 aromatic carbocycles. The van der Waals surface area contributed by atoms with Crippen molar-refractivity contribution >= 4 is 11.8 Å². The van der Waals surface area contributed by atoms with E-state index in [2.05, 4.69) is 12.2 Å². The molecule has 24 heavy (non-hydrogen) atoms. The highest BCUT2D eigenvalue weighted by molar-refractivity contribution is 5.94. The molecule has 5 nitrogen and oxygen atoms in total. The van der Waals surface area contributed by atoms with E-state index in [0.717, 1.165) is 19.3 Å². The molecule has 0 radical (unpaired) electrons. The van der Waals surface area contributed by atoms with Crippen LogP contribution in [0.4, 0.5) is 0 Å². The van der Waals surface area contributed by atoms with Gasteiger partial charge in [0.25, 0.3) is 11.8 Å². The third-order valence-electron chi connectivity index (χ3n) is 4.47. The molecule has 0 aliphatic carbocycles. The van der Waals surface area contributed by atoms with Crippen molar-refractivity contribution in [3.63, 3.8) is 0 Å². The number of nitrogens with zero attached hydrogens (tertiary/aromatic N) is 1. The average Bonchev–Trinajstić information content (AvgIpc) is 3.16. The molecule has 126 valence electrons. The lowest BCUT2D eigenvalue weighted by Gasteiger charge is -2.31. The number of aryl methyl sites for hydroxylation is 1. The summed E-state index contributed by atoms with van der Waals surface area (Å²) in [6.07, 6.45) is 3.98. The second kappa shape index (κ2) is 7.34. The van der Waals surface area contributed by atoms with Gasteiger partial charge in [0.15, 0.2) is 5.76 Å². The average molecular weight is 326 g/mol. The standard InChI is InChI=1S/C19H22N2O3/c1-2-14-5-7-15(8-6-14)18(22)20-16-9-11-21(12-10-16)19(23)17-4-3-13-24-17/h3-8,13,16H,2,9-12H2,1H3,(H,20,22). The van der Waals surface area contributed by atoms with Gasteiger partial charge in [0.2, 0.25) is 0 Å². The third-order valence-corrected chi connectivity index (χ3v) is 4.47. The van der Waals surface area contributed by atoms with Crippen molar-refractivity contribution in [3.8, 4) is 0 Å². The van der Waals surface area contributed by atoms with Gasteiger partial charge >= 0.3 is 0 Å². The summed E-state index contributed by atoms with van der Waals surface area (Å²) in [6.45, 7) is 3.34. The van der Waals surface area contributed by atoms with E-state index in [0.29, 0.717) is 24.4 Å². The summed E-state index contributed by atoms with van der Waals surface area (Å²) < 4.78 is 5.16. The molecular weight excluding hydrogens is 304 g/mol. The fraction of sp³-hybridized carbons (Fsp3) is 0.368. The van der Waals surface area contributed by atoms with Crippen LogP contribution in [0.25, 0.3) is 0 Å². The van der Waals surface area contributed by atoms with Gasteiger partial charge in [-0.25, -0.2) is 0 Å². The smallest absolute Gasteiger partial charge is 0.289 e. The topological polar surface area (TPSA) is 62.6 Å². The first-order valence-corrected chi connectivity index (χ1v) is 8.40. The minimum Gasteiger partial charge on any atom is -0.459 e. The monoisotopic (exact) mass is 326 g/mol. The van der Waals surface area contributed by atoms with E-state index < -0.39 is 0 Å². The van der Waals surface area contributed by atoms with E-state index in [-0.39, 0.29) is 17.9 Å². The Morgan fingerprint density at radius 3 is 2.46 bits per heavy atom. The molecule has 0 atom stereocenters. The van der Waals surface area contributed by atoms with Crippen LogP contribution in [0, 0.1) is 0 Å². The fourth-order valence-electron chi connectivity index (χ4n) is 2.94. The van der Waals surface area contributed by atoms with Gasteiger partial charge in [-0.2, -0.15) is 0 Å². The zero-order valence-electron chi connectivity index (χ0n) is 13.8. The Kier molecular flexibility index (Phi) is 4.99. The van der Waals surface area contributed by atoms with Crippen LogP contribution in [-0.4, -0.2) is 35.8 Å². The Morgan fingerprint density at radius 1 is 1.17 bits per heavy atom. The van der Waals surface area contributed by atoms with E-state index in [4.69, 9.17) is 4.42 Å². The Morgan fingerprint density at radius 2 is 1.88 bits per heavy atom. The molecule has 1 aliphatic rings. The lowest BCUT2D eigenvalue weighted by molar-refractivity contribution is 0.0667. The maximum Gasteiger partial charge on any atom is 0.289 e. The van der Waals surface area contributed by atoms with Crippen molar-refractivity contribution in [2.45, 2.75) is 32.2 Å². The summed E-state index contributed by atoms with van der Waals surface area (Å²) in [4.78, 5) is 26.3. The molecule has 5 heteroatoms. The molecule has 1 aromatic heterocycles. The molecule has 2 heterocycles. The number of likely N-dealkylation sites (tertiary alicyclic amines) is 1. The van der Waals surface area contributed by atoms with E-state index in [1.165, 1.54) is 11.8 Å². The molecule has 1 aliphatic heterocycles. The highest BCUT2D eigenvalue weighted by atomic mass is 16.3. The lowest BCUT2D eigenvalue weighted by atomic mass is 10.0. The van der Waals surface area contributed by atoms with Crippen LogP contribution in [-0.2, 0) is 6.42 Å². The SMILES string of the molecule is CCc1ccc(C(=O)NC2CCN(C(=O)c3ccco3)CC2)cc1. The Bertz CT molecular complexity index is 684. The summed E-state index contributed by atoms with van der Waals surface area (Å²) in [6, 6.07) is 11.2. The van der Waals surface area contributed by atoms with E-state index in [9.17, 15) is 9.59 Å². The number of hydrogen-bond acceptors (Lipinski definition) is 3. The Hall–Kier alpha value is -2.56. The van der Waals surface area contributed by atoms with Crippen LogP contribution in [0.15, 0.2) is 47.1 Å². The second-order valence-corrected chi connectivity index (χ2v) is 6.07. The molecule has 0 bridgehead atoms. The van der Waals surface area contributed by atoms with Gasteiger partial charge in [-0.3, -0.25) is 9.59 Å². The van der Waals surface area contributed by atoms with Crippen LogP contribution in [0.2, 0.25) is 0 Å². The predicted molar refractivity (Wildman–Crippen MR) is 90.9 cm³/mol. The minimum absolute atomic E-state index is 0.0477. The van der Waals surface area contributed by atoms with Gasteiger partial charge in [-0.05, 0) is 49.1 Å². The molecule has 1 N–H and O–H groups in total. The van der Waals surface area contributed by atoms with E-state index in [1.54, 1.807) is 17.0 Å². The number of hydrogen-bond donors (Lipinski definition) is 1. The molecule has 3 rings (SSSR count). The number of amides is 2. The molecule has 2 amide bonds. The highest BCUT2D eigenvalue weighted by Crippen LogP contribution is 2.15. The first kappa shape index (κ1) is 16.3. The van der Waals surface area contributed by atoms with Crippen molar-refractivity contribution in [2.75, 3.05) is 13.1 Å². The van der Waals surface area contributed by atoms with Gasteiger partial charge in [-0.1, -0.05) is 19.1 Å². The Balaban J connectivity index is 1.51. The van der Waals surface area contributed by atoms with Crippen LogP contribution in [0.1, 0.15) is 46.2 Å². The molecule has 0 spiro atoms. The molecule has 0 unspecified atom stereocenters. The molecular formula is C19H22N2O3. The number of carbonyl (C=O) groups excluding carboxylic acids is 2. The number of carbonyl (C=O) groups is 2. The molecule has 2 aromatic rings. The van der Waals surface area contributed by atoms with E-state index in [1.807, 2.05) is 24.3 Å². The number of rotatable bonds is 4. The molecule has 0 saturated carbocycles. The number of furan rings is 1. The summed E-state index contributed by atoms with van der Waals surface area (Å²) in [7, 11) is 0. The van der Waals surface area contributed by atoms with E-state index >= 15 is 0 Å².